The predicted molar refractivity (Wildman–Crippen MR) is 51.5 cm³/mol. The number of thiophene rings is 1. The Labute approximate surface area is 77.0 Å². The van der Waals surface area contributed by atoms with Gasteiger partial charge in [-0.15, -0.1) is 11.3 Å². The van der Waals surface area contributed by atoms with Crippen LogP contribution in [0.2, 0.25) is 0 Å². The molecule has 1 heterocycles. The van der Waals surface area contributed by atoms with Crippen molar-refractivity contribution in [3.8, 4) is 0 Å². The normalized spacial score (nSPS) is 33.7. The van der Waals surface area contributed by atoms with Crippen LogP contribution in [0.25, 0.3) is 0 Å². The molecule has 0 aliphatic heterocycles. The van der Waals surface area contributed by atoms with E-state index < -0.39 is 0 Å². The smallest absolute Gasteiger partial charge is 0.0468 e. The molecule has 66 valence electrons. The average molecular weight is 182 g/mol. The molecule has 1 nitrogen and oxygen atoms in total. The van der Waals surface area contributed by atoms with Gasteiger partial charge in [0.2, 0.25) is 0 Å². The van der Waals surface area contributed by atoms with E-state index >= 15 is 0 Å². The van der Waals surface area contributed by atoms with Gasteiger partial charge in [-0.3, -0.25) is 0 Å². The van der Waals surface area contributed by atoms with Gasteiger partial charge in [0, 0.05) is 16.9 Å². The summed E-state index contributed by atoms with van der Waals surface area (Å²) in [4.78, 5) is 1.46. The zero-order chi connectivity index (χ0) is 8.60. The molecule has 1 aliphatic rings. The highest BCUT2D eigenvalue weighted by molar-refractivity contribution is 7.10. The summed E-state index contributed by atoms with van der Waals surface area (Å²) in [5, 5.41) is 11.2. The van der Waals surface area contributed by atoms with Gasteiger partial charge in [-0.2, -0.15) is 0 Å². The second-order valence-electron chi connectivity index (χ2n) is 3.57. The molecule has 0 bridgehead atoms. The summed E-state index contributed by atoms with van der Waals surface area (Å²) in [5.41, 5.74) is 0.350. The number of aliphatic hydroxyl groups excluding tert-OH is 1. The standard InChI is InChI=1S/C10H14OS/c1-2-10(6-8(10)7-11)9-4-3-5-12-9/h3-5,8,11H,2,6-7H2,1H3. The van der Waals surface area contributed by atoms with Crippen LogP contribution in [0.5, 0.6) is 0 Å². The molecule has 1 aliphatic carbocycles. The second-order valence-corrected chi connectivity index (χ2v) is 4.52. The second kappa shape index (κ2) is 2.86. The minimum absolute atomic E-state index is 0.350. The molecule has 1 fully saturated rings. The fourth-order valence-corrected chi connectivity index (χ4v) is 3.18. The van der Waals surface area contributed by atoms with Crippen molar-refractivity contribution in [3.05, 3.63) is 22.4 Å². The Morgan fingerprint density at radius 2 is 2.58 bits per heavy atom. The molecule has 1 saturated carbocycles. The lowest BCUT2D eigenvalue weighted by Crippen LogP contribution is -2.08. The maximum Gasteiger partial charge on any atom is 0.0468 e. The zero-order valence-corrected chi connectivity index (χ0v) is 8.10. The minimum Gasteiger partial charge on any atom is -0.396 e. The number of hydrogen-bond acceptors (Lipinski definition) is 2. The fraction of sp³-hybridized carbons (Fsp3) is 0.600. The Balaban J connectivity index is 2.22. The first-order valence-electron chi connectivity index (χ1n) is 4.48. The highest BCUT2D eigenvalue weighted by atomic mass is 32.1. The van der Waals surface area contributed by atoms with Crippen LogP contribution in [0.1, 0.15) is 24.6 Å². The Bertz CT molecular complexity index is 255. The first kappa shape index (κ1) is 8.27. The van der Waals surface area contributed by atoms with Crippen molar-refractivity contribution in [1.29, 1.82) is 0 Å². The molecule has 0 aromatic carbocycles. The molecule has 0 amide bonds. The Morgan fingerprint density at radius 3 is 3.00 bits per heavy atom. The van der Waals surface area contributed by atoms with E-state index in [0.29, 0.717) is 17.9 Å². The highest BCUT2D eigenvalue weighted by Gasteiger charge is 2.53. The van der Waals surface area contributed by atoms with Crippen molar-refractivity contribution >= 4 is 11.3 Å². The minimum atomic E-state index is 0.350. The van der Waals surface area contributed by atoms with Crippen LogP contribution in [-0.2, 0) is 5.41 Å². The van der Waals surface area contributed by atoms with Gasteiger partial charge in [0.1, 0.15) is 0 Å². The quantitative estimate of drug-likeness (QED) is 0.761. The molecule has 0 saturated heterocycles. The van der Waals surface area contributed by atoms with Gasteiger partial charge in [-0.25, -0.2) is 0 Å². The van der Waals surface area contributed by atoms with Crippen molar-refractivity contribution in [2.24, 2.45) is 5.92 Å². The molecule has 12 heavy (non-hydrogen) atoms. The topological polar surface area (TPSA) is 20.2 Å². The summed E-state index contributed by atoms with van der Waals surface area (Å²) in [6.45, 7) is 2.57. The highest BCUT2D eigenvalue weighted by Crippen LogP contribution is 2.57. The summed E-state index contributed by atoms with van der Waals surface area (Å²) >= 11 is 1.82. The molecule has 2 atom stereocenters. The van der Waals surface area contributed by atoms with Crippen molar-refractivity contribution in [1.82, 2.24) is 0 Å². The average Bonchev–Trinajstić information content (AvgIpc) is 2.57. The SMILES string of the molecule is CCC1(c2cccs2)CC1CO. The van der Waals surface area contributed by atoms with Gasteiger partial charge in [0.05, 0.1) is 0 Å². The fourth-order valence-electron chi connectivity index (χ4n) is 2.09. The molecule has 1 aromatic rings. The van der Waals surface area contributed by atoms with Crippen molar-refractivity contribution in [2.75, 3.05) is 6.61 Å². The lowest BCUT2D eigenvalue weighted by molar-refractivity contribution is 0.263. The first-order valence-corrected chi connectivity index (χ1v) is 5.36. The van der Waals surface area contributed by atoms with E-state index in [-0.39, 0.29) is 0 Å². The van der Waals surface area contributed by atoms with Crippen LogP contribution in [0.15, 0.2) is 17.5 Å². The third-order valence-corrected chi connectivity index (χ3v) is 4.18. The maximum atomic E-state index is 9.08. The van der Waals surface area contributed by atoms with Crippen LogP contribution in [0, 0.1) is 5.92 Å². The Morgan fingerprint density at radius 1 is 1.75 bits per heavy atom. The Hall–Kier alpha value is -0.340. The van der Waals surface area contributed by atoms with E-state index in [1.165, 1.54) is 17.7 Å². The number of rotatable bonds is 3. The molecule has 2 heteroatoms. The van der Waals surface area contributed by atoms with E-state index in [1.807, 2.05) is 11.3 Å². The summed E-state index contributed by atoms with van der Waals surface area (Å²) in [5.74, 6) is 0.529. The molecule has 0 spiro atoms. The van der Waals surface area contributed by atoms with Crippen LogP contribution in [-0.4, -0.2) is 11.7 Å². The summed E-state index contributed by atoms with van der Waals surface area (Å²) in [6, 6.07) is 4.30. The number of aliphatic hydroxyl groups is 1. The van der Waals surface area contributed by atoms with Gasteiger partial charge < -0.3 is 5.11 Å². The third-order valence-electron chi connectivity index (χ3n) is 3.10. The van der Waals surface area contributed by atoms with Crippen LogP contribution >= 0.6 is 11.3 Å². The molecule has 1 aromatic heterocycles. The lowest BCUT2D eigenvalue weighted by atomic mass is 9.98. The summed E-state index contributed by atoms with van der Waals surface area (Å²) < 4.78 is 0. The molecule has 2 rings (SSSR count). The number of hydrogen-bond donors (Lipinski definition) is 1. The van der Waals surface area contributed by atoms with Crippen molar-refractivity contribution < 1.29 is 5.11 Å². The molecule has 2 unspecified atom stereocenters. The lowest BCUT2D eigenvalue weighted by Gasteiger charge is -2.11. The first-order chi connectivity index (χ1) is 5.83. The summed E-state index contributed by atoms with van der Waals surface area (Å²) in [6.07, 6.45) is 2.35. The van der Waals surface area contributed by atoms with Crippen LogP contribution in [0.4, 0.5) is 0 Å². The molecular weight excluding hydrogens is 168 g/mol. The van der Waals surface area contributed by atoms with Crippen LogP contribution in [0.3, 0.4) is 0 Å². The zero-order valence-electron chi connectivity index (χ0n) is 7.29. The van der Waals surface area contributed by atoms with Gasteiger partial charge in [0.25, 0.3) is 0 Å². The van der Waals surface area contributed by atoms with E-state index in [0.717, 1.165) is 0 Å². The van der Waals surface area contributed by atoms with Gasteiger partial charge in [0.15, 0.2) is 0 Å². The van der Waals surface area contributed by atoms with E-state index in [9.17, 15) is 0 Å². The molecule has 0 radical (unpaired) electrons. The maximum absolute atomic E-state index is 9.08. The van der Waals surface area contributed by atoms with Gasteiger partial charge >= 0.3 is 0 Å². The Kier molecular flexibility index (Phi) is 1.97. The van der Waals surface area contributed by atoms with E-state index in [1.54, 1.807) is 0 Å². The summed E-state index contributed by atoms with van der Waals surface area (Å²) in [7, 11) is 0. The monoisotopic (exact) mass is 182 g/mol. The third kappa shape index (κ3) is 1.02. The van der Waals surface area contributed by atoms with Gasteiger partial charge in [-0.1, -0.05) is 13.0 Å². The van der Waals surface area contributed by atoms with Crippen molar-refractivity contribution in [3.63, 3.8) is 0 Å². The van der Waals surface area contributed by atoms with E-state index in [2.05, 4.69) is 24.4 Å². The van der Waals surface area contributed by atoms with Crippen LogP contribution < -0.4 is 0 Å². The molecule has 1 N–H and O–H groups in total. The predicted octanol–water partition coefficient (Wildman–Crippen LogP) is 2.41. The van der Waals surface area contributed by atoms with Crippen molar-refractivity contribution in [2.45, 2.75) is 25.2 Å². The molecular formula is C10H14OS. The van der Waals surface area contributed by atoms with Gasteiger partial charge in [-0.05, 0) is 30.2 Å². The van der Waals surface area contributed by atoms with E-state index in [4.69, 9.17) is 5.11 Å². The largest absolute Gasteiger partial charge is 0.396 e.